The summed E-state index contributed by atoms with van der Waals surface area (Å²) in [6, 6.07) is 2.11. The second-order valence-corrected chi connectivity index (χ2v) is 5.50. The zero-order valence-corrected chi connectivity index (χ0v) is 12.0. The summed E-state index contributed by atoms with van der Waals surface area (Å²) in [5.41, 5.74) is 1.62. The van der Waals surface area contributed by atoms with Gasteiger partial charge in [0.1, 0.15) is 0 Å². The van der Waals surface area contributed by atoms with Crippen molar-refractivity contribution in [3.63, 3.8) is 0 Å². The molecule has 98 valence electrons. The average Bonchev–Trinajstić information content (AvgIpc) is 2.59. The van der Waals surface area contributed by atoms with Gasteiger partial charge in [-0.2, -0.15) is 16.9 Å². The molecular formula is C12H23N3OS. The zero-order valence-electron chi connectivity index (χ0n) is 11.2. The molecular weight excluding hydrogens is 234 g/mol. The second-order valence-electron chi connectivity index (χ2n) is 4.64. The molecule has 0 aromatic carbocycles. The Kier molecular flexibility index (Phi) is 5.49. The Balaban J connectivity index is 2.42. The molecule has 0 fully saturated rings. The highest BCUT2D eigenvalue weighted by Crippen LogP contribution is 2.10. The average molecular weight is 257 g/mol. The first-order valence-electron chi connectivity index (χ1n) is 5.92. The van der Waals surface area contributed by atoms with Crippen LogP contribution in [-0.2, 0) is 20.0 Å². The van der Waals surface area contributed by atoms with Gasteiger partial charge in [0.15, 0.2) is 0 Å². The minimum Gasteiger partial charge on any atom is -0.388 e. The monoisotopic (exact) mass is 257 g/mol. The van der Waals surface area contributed by atoms with E-state index in [9.17, 15) is 5.11 Å². The Hall–Kier alpha value is -0.520. The van der Waals surface area contributed by atoms with Crippen molar-refractivity contribution in [2.45, 2.75) is 32.4 Å². The van der Waals surface area contributed by atoms with Crippen molar-refractivity contribution < 1.29 is 5.11 Å². The topological polar surface area (TPSA) is 50.1 Å². The van der Waals surface area contributed by atoms with E-state index in [0.29, 0.717) is 6.54 Å². The number of rotatable bonds is 7. The Bertz CT molecular complexity index is 350. The van der Waals surface area contributed by atoms with E-state index in [1.807, 2.05) is 24.9 Å². The summed E-state index contributed by atoms with van der Waals surface area (Å²) < 4.78 is 1.90. The van der Waals surface area contributed by atoms with E-state index in [1.54, 1.807) is 11.8 Å². The summed E-state index contributed by atoms with van der Waals surface area (Å²) in [6.45, 7) is 5.30. The van der Waals surface area contributed by atoms with Crippen LogP contribution in [0, 0.1) is 0 Å². The molecule has 1 aromatic heterocycles. The Labute approximate surface area is 108 Å². The highest BCUT2D eigenvalue weighted by atomic mass is 32.2. The Morgan fingerprint density at radius 3 is 2.82 bits per heavy atom. The third-order valence-corrected chi connectivity index (χ3v) is 3.57. The van der Waals surface area contributed by atoms with E-state index in [4.69, 9.17) is 0 Å². The molecule has 1 aromatic rings. The van der Waals surface area contributed by atoms with Crippen LogP contribution in [0.5, 0.6) is 0 Å². The van der Waals surface area contributed by atoms with Crippen LogP contribution < -0.4 is 5.32 Å². The van der Waals surface area contributed by atoms with Crippen LogP contribution in [0.4, 0.5) is 0 Å². The van der Waals surface area contributed by atoms with Crippen LogP contribution in [0.3, 0.4) is 0 Å². The van der Waals surface area contributed by atoms with Gasteiger partial charge < -0.3 is 10.4 Å². The number of nitrogens with one attached hydrogen (secondary N) is 1. The van der Waals surface area contributed by atoms with Gasteiger partial charge in [0.2, 0.25) is 0 Å². The molecule has 0 spiro atoms. The molecule has 1 atom stereocenters. The van der Waals surface area contributed by atoms with Crippen molar-refractivity contribution >= 4 is 11.8 Å². The SMILES string of the molecule is CCc1cc(CNCC(C)(O)CSC)n(C)n1. The Morgan fingerprint density at radius 2 is 2.29 bits per heavy atom. The molecule has 0 bridgehead atoms. The van der Waals surface area contributed by atoms with Crippen molar-refractivity contribution in [3.05, 3.63) is 17.5 Å². The molecule has 0 aliphatic heterocycles. The maximum atomic E-state index is 10.0. The van der Waals surface area contributed by atoms with Crippen LogP contribution in [0.2, 0.25) is 0 Å². The summed E-state index contributed by atoms with van der Waals surface area (Å²) in [4.78, 5) is 0. The number of aromatic nitrogens is 2. The molecule has 0 saturated heterocycles. The van der Waals surface area contributed by atoms with Crippen molar-refractivity contribution in [2.24, 2.45) is 7.05 Å². The third kappa shape index (κ3) is 4.69. The second kappa shape index (κ2) is 6.42. The number of aryl methyl sites for hydroxylation is 2. The number of thioether (sulfide) groups is 1. The van der Waals surface area contributed by atoms with Gasteiger partial charge in [-0.3, -0.25) is 4.68 Å². The molecule has 0 aliphatic carbocycles. The van der Waals surface area contributed by atoms with Crippen molar-refractivity contribution in [1.29, 1.82) is 0 Å². The zero-order chi connectivity index (χ0) is 12.9. The van der Waals surface area contributed by atoms with Gasteiger partial charge in [-0.25, -0.2) is 0 Å². The van der Waals surface area contributed by atoms with E-state index in [2.05, 4.69) is 23.4 Å². The lowest BCUT2D eigenvalue weighted by molar-refractivity contribution is 0.0844. The molecule has 1 heterocycles. The van der Waals surface area contributed by atoms with Gasteiger partial charge in [-0.05, 0) is 25.7 Å². The van der Waals surface area contributed by atoms with E-state index >= 15 is 0 Å². The summed E-state index contributed by atoms with van der Waals surface area (Å²) >= 11 is 1.66. The predicted octanol–water partition coefficient (Wildman–Crippen LogP) is 1.19. The van der Waals surface area contributed by atoms with Crippen molar-refractivity contribution in [1.82, 2.24) is 15.1 Å². The summed E-state index contributed by atoms with van der Waals surface area (Å²) in [5, 5.41) is 17.7. The lowest BCUT2D eigenvalue weighted by Crippen LogP contribution is -2.39. The smallest absolute Gasteiger partial charge is 0.0833 e. The molecule has 0 amide bonds. The number of nitrogens with zero attached hydrogens (tertiary/aromatic N) is 2. The predicted molar refractivity (Wildman–Crippen MR) is 73.3 cm³/mol. The molecule has 0 radical (unpaired) electrons. The standard InChI is InChI=1S/C12H23N3OS/c1-5-10-6-11(15(3)14-10)7-13-8-12(2,16)9-17-4/h6,13,16H,5,7-9H2,1-4H3. The highest BCUT2D eigenvalue weighted by Gasteiger charge is 2.18. The maximum absolute atomic E-state index is 10.0. The molecule has 2 N–H and O–H groups in total. The Morgan fingerprint density at radius 1 is 1.59 bits per heavy atom. The first-order chi connectivity index (χ1) is 7.98. The van der Waals surface area contributed by atoms with Crippen LogP contribution in [0.15, 0.2) is 6.07 Å². The number of aliphatic hydroxyl groups is 1. The maximum Gasteiger partial charge on any atom is 0.0833 e. The number of hydrogen-bond donors (Lipinski definition) is 2. The molecule has 1 rings (SSSR count). The van der Waals surface area contributed by atoms with Crippen LogP contribution >= 0.6 is 11.8 Å². The molecule has 1 unspecified atom stereocenters. The van der Waals surface area contributed by atoms with Crippen molar-refractivity contribution in [3.8, 4) is 0 Å². The largest absolute Gasteiger partial charge is 0.388 e. The minimum absolute atomic E-state index is 0.598. The van der Waals surface area contributed by atoms with Gasteiger partial charge in [0.05, 0.1) is 17.0 Å². The molecule has 17 heavy (non-hydrogen) atoms. The minimum atomic E-state index is -0.647. The molecule has 0 aliphatic rings. The summed E-state index contributed by atoms with van der Waals surface area (Å²) in [6.07, 6.45) is 2.96. The van der Waals surface area contributed by atoms with E-state index < -0.39 is 5.60 Å². The van der Waals surface area contributed by atoms with Gasteiger partial charge in [0, 0.05) is 25.9 Å². The first kappa shape index (κ1) is 14.5. The fourth-order valence-electron chi connectivity index (χ4n) is 1.73. The van der Waals surface area contributed by atoms with Gasteiger partial charge in [-0.15, -0.1) is 0 Å². The summed E-state index contributed by atoms with van der Waals surface area (Å²) in [5.74, 6) is 0.742. The van der Waals surface area contributed by atoms with Gasteiger partial charge >= 0.3 is 0 Å². The fourth-order valence-corrected chi connectivity index (χ4v) is 2.46. The van der Waals surface area contributed by atoms with Gasteiger partial charge in [-0.1, -0.05) is 6.92 Å². The van der Waals surface area contributed by atoms with Crippen LogP contribution in [0.1, 0.15) is 25.2 Å². The van der Waals surface area contributed by atoms with E-state index in [-0.39, 0.29) is 0 Å². The third-order valence-electron chi connectivity index (χ3n) is 2.66. The van der Waals surface area contributed by atoms with Gasteiger partial charge in [0.25, 0.3) is 0 Å². The lowest BCUT2D eigenvalue weighted by atomic mass is 10.1. The van der Waals surface area contributed by atoms with Crippen LogP contribution in [-0.4, -0.2) is 39.0 Å². The quantitative estimate of drug-likeness (QED) is 0.770. The fraction of sp³-hybridized carbons (Fsp3) is 0.750. The number of hydrogen-bond acceptors (Lipinski definition) is 4. The summed E-state index contributed by atoms with van der Waals surface area (Å²) in [7, 11) is 1.95. The normalized spacial score (nSPS) is 14.9. The molecule has 4 nitrogen and oxygen atoms in total. The molecule has 5 heteroatoms. The first-order valence-corrected chi connectivity index (χ1v) is 7.31. The van der Waals surface area contributed by atoms with Crippen molar-refractivity contribution in [2.75, 3.05) is 18.6 Å². The van der Waals surface area contributed by atoms with E-state index in [1.165, 1.54) is 0 Å². The van der Waals surface area contributed by atoms with E-state index in [0.717, 1.165) is 30.1 Å². The lowest BCUT2D eigenvalue weighted by Gasteiger charge is -2.22. The highest BCUT2D eigenvalue weighted by molar-refractivity contribution is 7.98. The molecule has 0 saturated carbocycles. The van der Waals surface area contributed by atoms with Crippen LogP contribution in [0.25, 0.3) is 0 Å².